The van der Waals surface area contributed by atoms with Crippen LogP contribution < -0.4 is 5.73 Å². The molecule has 0 aliphatic heterocycles. The minimum absolute atomic E-state index is 0.449. The van der Waals surface area contributed by atoms with E-state index in [0.717, 1.165) is 11.1 Å². The van der Waals surface area contributed by atoms with Crippen molar-refractivity contribution in [3.63, 3.8) is 0 Å². The summed E-state index contributed by atoms with van der Waals surface area (Å²) in [7, 11) is 0. The van der Waals surface area contributed by atoms with E-state index in [9.17, 15) is 0 Å². The minimum Gasteiger partial charge on any atom is -0.389 e. The van der Waals surface area contributed by atoms with Crippen LogP contribution in [-0.4, -0.2) is 0 Å². The van der Waals surface area contributed by atoms with Crippen molar-refractivity contribution in [1.82, 2.24) is 0 Å². The molecule has 0 aliphatic rings. The van der Waals surface area contributed by atoms with E-state index in [4.69, 9.17) is 34.8 Å². The van der Waals surface area contributed by atoms with Crippen LogP contribution in [0.1, 0.15) is 5.56 Å². The number of halogens is 1. The van der Waals surface area contributed by atoms with Crippen LogP contribution in [0.15, 0.2) is 30.3 Å². The Labute approximate surface area is 113 Å². The molecule has 1 heterocycles. The van der Waals surface area contributed by atoms with Crippen LogP contribution in [0.25, 0.3) is 11.1 Å². The summed E-state index contributed by atoms with van der Waals surface area (Å²) in [5.74, 6) is 0. The second-order valence-corrected chi connectivity index (χ2v) is 5.56. The Morgan fingerprint density at radius 2 is 1.94 bits per heavy atom. The zero-order chi connectivity index (χ0) is 12.4. The predicted molar refractivity (Wildman–Crippen MR) is 74.7 cm³/mol. The van der Waals surface area contributed by atoms with Crippen molar-refractivity contribution >= 4 is 40.2 Å². The molecular weight excluding hydrogens is 272 g/mol. The normalized spacial score (nSPS) is 9.88. The van der Waals surface area contributed by atoms with Gasteiger partial charge < -0.3 is 5.73 Å². The Morgan fingerprint density at radius 3 is 2.53 bits per heavy atom. The first-order valence-electron chi connectivity index (χ1n) is 4.71. The molecule has 0 radical (unpaired) electrons. The van der Waals surface area contributed by atoms with Gasteiger partial charge in [-0.05, 0) is 23.8 Å². The molecule has 0 saturated carbocycles. The van der Waals surface area contributed by atoms with E-state index in [0.29, 0.717) is 19.4 Å². The molecule has 5 heteroatoms. The van der Waals surface area contributed by atoms with Crippen LogP contribution in [0.4, 0.5) is 5.00 Å². The maximum atomic E-state index is 9.12. The fraction of sp³-hybridized carbons (Fsp3) is 0. The van der Waals surface area contributed by atoms with E-state index in [1.54, 1.807) is 18.2 Å². The molecule has 2 nitrogen and oxygen atoms in total. The molecule has 0 spiro atoms. The van der Waals surface area contributed by atoms with Gasteiger partial charge in [0.15, 0.2) is 0 Å². The maximum Gasteiger partial charge on any atom is 0.106 e. The third-order valence-corrected chi connectivity index (χ3v) is 3.62. The molecule has 1 aromatic carbocycles. The molecular formula is C12H7ClN2S2. The number of benzene rings is 1. The van der Waals surface area contributed by atoms with E-state index in [1.165, 1.54) is 11.3 Å². The average molecular weight is 279 g/mol. The van der Waals surface area contributed by atoms with Gasteiger partial charge in [0.05, 0.1) is 9.39 Å². The minimum atomic E-state index is 0.449. The van der Waals surface area contributed by atoms with Crippen LogP contribution in [0, 0.1) is 15.2 Å². The van der Waals surface area contributed by atoms with Crippen molar-refractivity contribution in [2.75, 3.05) is 5.73 Å². The third kappa shape index (κ3) is 2.47. The summed E-state index contributed by atoms with van der Waals surface area (Å²) in [5.41, 5.74) is 7.91. The van der Waals surface area contributed by atoms with Gasteiger partial charge in [-0.3, -0.25) is 0 Å². The molecule has 2 N–H and O–H groups in total. The second-order valence-electron chi connectivity index (χ2n) is 3.34. The molecule has 1 aromatic heterocycles. The molecule has 0 aliphatic carbocycles. The van der Waals surface area contributed by atoms with E-state index in [2.05, 4.69) is 6.07 Å². The summed E-state index contributed by atoms with van der Waals surface area (Å²) < 4.78 is 0.659. The van der Waals surface area contributed by atoms with Gasteiger partial charge >= 0.3 is 0 Å². The summed E-state index contributed by atoms with van der Waals surface area (Å²) in [6.07, 6.45) is 0. The van der Waals surface area contributed by atoms with Crippen LogP contribution in [0.5, 0.6) is 0 Å². The Bertz CT molecular complexity index is 654. The van der Waals surface area contributed by atoms with Crippen molar-refractivity contribution in [3.05, 3.63) is 44.7 Å². The summed E-state index contributed by atoms with van der Waals surface area (Å²) in [6.45, 7) is 0. The number of rotatable bonds is 1. The molecule has 0 saturated heterocycles. The zero-order valence-electron chi connectivity index (χ0n) is 8.61. The molecule has 2 rings (SSSR count). The molecule has 17 heavy (non-hydrogen) atoms. The summed E-state index contributed by atoms with van der Waals surface area (Å²) in [6, 6.07) is 11.1. The highest BCUT2D eigenvalue weighted by Gasteiger charge is 2.09. The van der Waals surface area contributed by atoms with Gasteiger partial charge in [-0.1, -0.05) is 36.0 Å². The van der Waals surface area contributed by atoms with Crippen molar-refractivity contribution < 1.29 is 0 Å². The molecule has 0 fully saturated rings. The predicted octanol–water partition coefficient (Wildman–Crippen LogP) is 4.25. The second kappa shape index (κ2) is 4.84. The summed E-state index contributed by atoms with van der Waals surface area (Å²) in [4.78, 5) is 0. The lowest BCUT2D eigenvalue weighted by molar-refractivity contribution is 1.49. The molecule has 84 valence electrons. The highest BCUT2D eigenvalue weighted by molar-refractivity contribution is 7.73. The first kappa shape index (κ1) is 12.1. The fourth-order valence-electron chi connectivity index (χ4n) is 1.48. The largest absolute Gasteiger partial charge is 0.389 e. The molecule has 2 aromatic rings. The SMILES string of the molecule is N#Cc1c(-c2ccc(Cl)cc2)cc(=S)sc1N. The van der Waals surface area contributed by atoms with Crippen LogP contribution in [-0.2, 0) is 0 Å². The van der Waals surface area contributed by atoms with Gasteiger partial charge in [0.1, 0.15) is 11.1 Å². The molecule has 0 unspecified atom stereocenters. The smallest absolute Gasteiger partial charge is 0.106 e. The third-order valence-electron chi connectivity index (χ3n) is 2.26. The Kier molecular flexibility index (Phi) is 3.43. The number of nitrogens with two attached hydrogens (primary N) is 1. The van der Waals surface area contributed by atoms with E-state index in [-0.39, 0.29) is 0 Å². The lowest BCUT2D eigenvalue weighted by Crippen LogP contribution is -1.91. The first-order valence-corrected chi connectivity index (χ1v) is 6.32. The number of hydrogen-bond acceptors (Lipinski definition) is 4. The molecule has 0 bridgehead atoms. The monoisotopic (exact) mass is 278 g/mol. The Morgan fingerprint density at radius 1 is 1.29 bits per heavy atom. The lowest BCUT2D eigenvalue weighted by Gasteiger charge is -2.06. The highest BCUT2D eigenvalue weighted by atomic mass is 35.5. The fourth-order valence-corrected chi connectivity index (χ4v) is 2.65. The van der Waals surface area contributed by atoms with Crippen molar-refractivity contribution in [2.45, 2.75) is 0 Å². The van der Waals surface area contributed by atoms with E-state index in [1.807, 2.05) is 12.1 Å². The van der Waals surface area contributed by atoms with Crippen LogP contribution in [0.3, 0.4) is 0 Å². The maximum absolute atomic E-state index is 9.12. The van der Waals surface area contributed by atoms with Crippen molar-refractivity contribution in [1.29, 1.82) is 5.26 Å². The number of nitrogens with zero attached hydrogens (tertiary/aromatic N) is 1. The van der Waals surface area contributed by atoms with Gasteiger partial charge in [0, 0.05) is 10.6 Å². The van der Waals surface area contributed by atoms with Gasteiger partial charge in [0.2, 0.25) is 0 Å². The Balaban J connectivity index is 2.71. The van der Waals surface area contributed by atoms with Crippen molar-refractivity contribution in [2.24, 2.45) is 0 Å². The summed E-state index contributed by atoms with van der Waals surface area (Å²) >= 11 is 12.2. The topological polar surface area (TPSA) is 49.8 Å². The number of hydrogen-bond donors (Lipinski definition) is 1. The Hall–Kier alpha value is -1.41. The number of anilines is 1. The van der Waals surface area contributed by atoms with Gasteiger partial charge in [-0.2, -0.15) is 5.26 Å². The van der Waals surface area contributed by atoms with E-state index >= 15 is 0 Å². The standard InChI is InChI=1S/C12H7ClN2S2/c13-8-3-1-7(2-4-8)9-5-11(16)17-12(15)10(9)6-14/h1-5H,15H2. The van der Waals surface area contributed by atoms with Gasteiger partial charge in [0.25, 0.3) is 0 Å². The molecule has 0 amide bonds. The molecule has 0 atom stereocenters. The van der Waals surface area contributed by atoms with E-state index < -0.39 is 0 Å². The van der Waals surface area contributed by atoms with Gasteiger partial charge in [-0.15, -0.1) is 11.3 Å². The van der Waals surface area contributed by atoms with Crippen molar-refractivity contribution in [3.8, 4) is 17.2 Å². The lowest BCUT2D eigenvalue weighted by atomic mass is 10.0. The van der Waals surface area contributed by atoms with Gasteiger partial charge in [-0.25, -0.2) is 0 Å². The van der Waals surface area contributed by atoms with Crippen LogP contribution >= 0.6 is 35.2 Å². The highest BCUT2D eigenvalue weighted by Crippen LogP contribution is 2.31. The zero-order valence-corrected chi connectivity index (χ0v) is 11.0. The average Bonchev–Trinajstić information content (AvgIpc) is 2.29. The number of nitrogen functional groups attached to an aromatic ring is 1. The quantitative estimate of drug-likeness (QED) is 0.793. The van der Waals surface area contributed by atoms with Crippen LogP contribution in [0.2, 0.25) is 5.02 Å². The summed E-state index contributed by atoms with van der Waals surface area (Å²) in [5, 5.41) is 10.2. The number of nitriles is 1. The first-order chi connectivity index (χ1) is 8.11.